The van der Waals surface area contributed by atoms with Gasteiger partial charge in [-0.2, -0.15) is 0 Å². The average Bonchev–Trinajstić information content (AvgIpc) is 3.11. The van der Waals surface area contributed by atoms with E-state index in [9.17, 15) is 4.79 Å². The van der Waals surface area contributed by atoms with Crippen LogP contribution in [0.1, 0.15) is 38.2 Å². The van der Waals surface area contributed by atoms with Crippen LogP contribution in [-0.4, -0.2) is 48.7 Å². The minimum atomic E-state index is -0.831. The van der Waals surface area contributed by atoms with Crippen LogP contribution in [0.25, 0.3) is 0 Å². The summed E-state index contributed by atoms with van der Waals surface area (Å²) in [4.78, 5) is 15.5. The third-order valence-electron chi connectivity index (χ3n) is 7.30. The Morgan fingerprint density at radius 2 is 2.00 bits per heavy atom. The van der Waals surface area contributed by atoms with Crippen molar-refractivity contribution in [3.05, 3.63) is 35.9 Å². The first kappa shape index (κ1) is 18.0. The first-order chi connectivity index (χ1) is 12.4. The Bertz CT molecular complexity index is 677. The molecule has 2 aliphatic heterocycles. The van der Waals surface area contributed by atoms with Crippen LogP contribution in [0.15, 0.2) is 30.3 Å². The lowest BCUT2D eigenvalue weighted by molar-refractivity contribution is -0.229. The molecule has 2 saturated heterocycles. The Balaban J connectivity index is 1.57. The molecule has 0 aromatic heterocycles. The summed E-state index contributed by atoms with van der Waals surface area (Å²) in [5.74, 6) is 0.791. The molecule has 0 spiro atoms. The zero-order valence-corrected chi connectivity index (χ0v) is 15.9. The monoisotopic (exact) mass is 357 g/mol. The molecule has 4 N–H and O–H groups in total. The molecule has 3 unspecified atom stereocenters. The van der Waals surface area contributed by atoms with Gasteiger partial charge < -0.3 is 21.1 Å². The van der Waals surface area contributed by atoms with E-state index >= 15 is 0 Å². The Kier molecular flexibility index (Phi) is 4.37. The zero-order valence-electron chi connectivity index (χ0n) is 15.9. The second-order valence-electron chi connectivity index (χ2n) is 8.85. The van der Waals surface area contributed by atoms with Crippen molar-refractivity contribution in [2.24, 2.45) is 28.7 Å². The maximum atomic E-state index is 13.6. The number of benzene rings is 1. The lowest BCUT2D eigenvalue weighted by atomic mass is 9.46. The molecular formula is C21H31N3O2. The minimum absolute atomic E-state index is 0.0890. The lowest BCUT2D eigenvalue weighted by Crippen LogP contribution is -2.82. The molecule has 3 aliphatic rings. The number of hydrogen-bond donors (Lipinski definition) is 2. The topological polar surface area (TPSA) is 81.6 Å². The van der Waals surface area contributed by atoms with Crippen LogP contribution >= 0.6 is 0 Å². The van der Waals surface area contributed by atoms with Gasteiger partial charge in [0.05, 0.1) is 6.10 Å². The molecule has 4 rings (SSSR count). The summed E-state index contributed by atoms with van der Waals surface area (Å²) in [6, 6.07) is 10.4. The fourth-order valence-corrected chi connectivity index (χ4v) is 5.63. The normalized spacial score (nSPS) is 38.5. The van der Waals surface area contributed by atoms with E-state index in [0.717, 1.165) is 19.4 Å². The summed E-state index contributed by atoms with van der Waals surface area (Å²) in [7, 11) is 0. The fourth-order valence-electron chi connectivity index (χ4n) is 5.63. The second-order valence-corrected chi connectivity index (χ2v) is 8.85. The smallest absolute Gasteiger partial charge is 0.243 e. The first-order valence-corrected chi connectivity index (χ1v) is 9.86. The molecule has 1 aromatic rings. The highest BCUT2D eigenvalue weighted by Gasteiger charge is 2.71. The summed E-state index contributed by atoms with van der Waals surface area (Å²) >= 11 is 0. The van der Waals surface area contributed by atoms with E-state index in [0.29, 0.717) is 19.6 Å². The van der Waals surface area contributed by atoms with E-state index in [2.05, 4.69) is 38.1 Å². The summed E-state index contributed by atoms with van der Waals surface area (Å²) < 4.78 is 5.96. The number of hydrogen-bond acceptors (Lipinski definition) is 4. The Hall–Kier alpha value is -1.43. The van der Waals surface area contributed by atoms with E-state index in [1.807, 2.05) is 11.0 Å². The predicted octanol–water partition coefficient (Wildman–Crippen LogP) is 1.72. The van der Waals surface area contributed by atoms with Crippen molar-refractivity contribution in [3.8, 4) is 0 Å². The Labute approximate surface area is 156 Å². The Morgan fingerprint density at radius 1 is 1.27 bits per heavy atom. The van der Waals surface area contributed by atoms with E-state index in [1.165, 1.54) is 5.56 Å². The quantitative estimate of drug-likeness (QED) is 0.863. The molecule has 1 aromatic carbocycles. The largest absolute Gasteiger partial charge is 0.377 e. The average molecular weight is 357 g/mol. The van der Waals surface area contributed by atoms with Crippen molar-refractivity contribution in [2.45, 2.75) is 44.2 Å². The van der Waals surface area contributed by atoms with E-state index in [4.69, 9.17) is 16.2 Å². The first-order valence-electron chi connectivity index (χ1n) is 9.86. The number of likely N-dealkylation sites (tertiary alicyclic amines) is 1. The third kappa shape index (κ3) is 2.37. The van der Waals surface area contributed by atoms with Gasteiger partial charge in [0.1, 0.15) is 5.54 Å². The number of amides is 1. The van der Waals surface area contributed by atoms with Crippen LogP contribution in [0.4, 0.5) is 0 Å². The summed E-state index contributed by atoms with van der Waals surface area (Å²) in [5, 5.41) is 0. The second kappa shape index (κ2) is 6.32. The molecule has 26 heavy (non-hydrogen) atoms. The van der Waals surface area contributed by atoms with Crippen molar-refractivity contribution in [2.75, 3.05) is 26.2 Å². The fraction of sp³-hybridized carbons (Fsp3) is 0.667. The third-order valence-corrected chi connectivity index (χ3v) is 7.30. The van der Waals surface area contributed by atoms with Gasteiger partial charge in [-0.3, -0.25) is 4.79 Å². The van der Waals surface area contributed by atoms with Crippen LogP contribution in [0.2, 0.25) is 0 Å². The maximum Gasteiger partial charge on any atom is 0.243 e. The molecule has 1 saturated carbocycles. The molecule has 2 heterocycles. The highest BCUT2D eigenvalue weighted by atomic mass is 16.5. The van der Waals surface area contributed by atoms with Crippen LogP contribution in [-0.2, 0) is 9.53 Å². The maximum absolute atomic E-state index is 13.6. The molecule has 1 aliphatic carbocycles. The highest BCUT2D eigenvalue weighted by Crippen LogP contribution is 2.58. The molecule has 142 valence electrons. The molecule has 5 nitrogen and oxygen atoms in total. The Morgan fingerprint density at radius 3 is 2.69 bits per heavy atom. The number of carbonyl (C=O) groups is 1. The minimum Gasteiger partial charge on any atom is -0.377 e. The molecule has 3 fully saturated rings. The zero-order chi connectivity index (χ0) is 18.5. The van der Waals surface area contributed by atoms with Crippen molar-refractivity contribution < 1.29 is 9.53 Å². The molecule has 5 heteroatoms. The van der Waals surface area contributed by atoms with Gasteiger partial charge >= 0.3 is 0 Å². The molecular weight excluding hydrogens is 326 g/mol. The number of nitrogens with zero attached hydrogens (tertiary/aromatic N) is 1. The van der Waals surface area contributed by atoms with Gasteiger partial charge in [0.25, 0.3) is 0 Å². The molecule has 1 amide bonds. The van der Waals surface area contributed by atoms with Crippen molar-refractivity contribution in [3.63, 3.8) is 0 Å². The number of ether oxygens (including phenoxy) is 1. The number of fused-ring (bicyclic) bond motifs is 1. The van der Waals surface area contributed by atoms with Gasteiger partial charge in [0.2, 0.25) is 5.91 Å². The van der Waals surface area contributed by atoms with Crippen LogP contribution in [0, 0.1) is 17.3 Å². The lowest BCUT2D eigenvalue weighted by Gasteiger charge is -2.65. The van der Waals surface area contributed by atoms with E-state index < -0.39 is 5.54 Å². The predicted molar refractivity (Wildman–Crippen MR) is 101 cm³/mol. The SMILES string of the molecule is CC1(C)C2OCCCC2C1(N)C(=O)N1C[C@@H](CN)[C@H](c2ccccc2)C1. The number of rotatable bonds is 3. The standard InChI is InChI=1S/C21H31N3O2/c1-20(2)18-17(9-6-10-26-18)21(20,23)19(25)24-12-15(11-22)16(13-24)14-7-4-3-5-8-14/h3-5,7-8,15-18H,6,9-13,22-23H2,1-2H3/t15-,16+,17?,18?,21?/m1/s1. The molecule has 0 radical (unpaired) electrons. The van der Waals surface area contributed by atoms with Crippen molar-refractivity contribution in [1.29, 1.82) is 0 Å². The summed E-state index contributed by atoms with van der Waals surface area (Å²) in [6.07, 6.45) is 2.07. The van der Waals surface area contributed by atoms with E-state index in [1.54, 1.807) is 0 Å². The van der Waals surface area contributed by atoms with Gasteiger partial charge in [-0.1, -0.05) is 44.2 Å². The van der Waals surface area contributed by atoms with Gasteiger partial charge in [0.15, 0.2) is 0 Å². The van der Waals surface area contributed by atoms with Gasteiger partial charge in [-0.15, -0.1) is 0 Å². The molecule has 0 bridgehead atoms. The number of nitrogens with two attached hydrogens (primary N) is 2. The van der Waals surface area contributed by atoms with Gasteiger partial charge in [-0.25, -0.2) is 0 Å². The van der Waals surface area contributed by atoms with Crippen LogP contribution in [0.3, 0.4) is 0 Å². The van der Waals surface area contributed by atoms with Crippen LogP contribution < -0.4 is 11.5 Å². The van der Waals surface area contributed by atoms with E-state index in [-0.39, 0.29) is 35.2 Å². The molecule has 5 atom stereocenters. The highest BCUT2D eigenvalue weighted by molar-refractivity contribution is 5.90. The van der Waals surface area contributed by atoms with Crippen molar-refractivity contribution in [1.82, 2.24) is 4.90 Å². The summed E-state index contributed by atoms with van der Waals surface area (Å²) in [6.45, 7) is 6.94. The van der Waals surface area contributed by atoms with Crippen molar-refractivity contribution >= 4 is 5.91 Å². The van der Waals surface area contributed by atoms with Gasteiger partial charge in [-0.05, 0) is 30.9 Å². The van der Waals surface area contributed by atoms with Gasteiger partial charge in [0, 0.05) is 36.9 Å². The number of carbonyl (C=O) groups excluding carboxylic acids is 1. The summed E-state index contributed by atoms with van der Waals surface area (Å²) in [5.41, 5.74) is 13.0. The van der Waals surface area contributed by atoms with Crippen LogP contribution in [0.5, 0.6) is 0 Å².